The summed E-state index contributed by atoms with van der Waals surface area (Å²) in [5, 5.41) is 2.75. The number of nitrogens with one attached hydrogen (secondary N) is 1. The molecule has 94 valence electrons. The van der Waals surface area contributed by atoms with Gasteiger partial charge in [0.15, 0.2) is 0 Å². The maximum Gasteiger partial charge on any atom is 0.336 e. The van der Waals surface area contributed by atoms with E-state index in [0.717, 1.165) is 0 Å². The number of carbonyl (C=O) groups excluding carboxylic acids is 2. The standard InChI is InChI=1S/C9H14O4.C2H7N/c1-5-8(10)12-7(4)13-9(11)6(2)3;1-3-2/h7H,2,5H2,1,3-4H3;3H,1-2H3. The molecule has 0 aliphatic carbocycles. The molecule has 0 aromatic heterocycles. The van der Waals surface area contributed by atoms with Gasteiger partial charge in [-0.05, 0) is 21.0 Å². The minimum absolute atomic E-state index is 0.259. The third kappa shape index (κ3) is 10.7. The second-order valence-corrected chi connectivity index (χ2v) is 3.10. The van der Waals surface area contributed by atoms with Crippen molar-refractivity contribution in [3.8, 4) is 0 Å². The summed E-state index contributed by atoms with van der Waals surface area (Å²) in [5.74, 6) is -0.960. The largest absolute Gasteiger partial charge is 0.425 e. The molecule has 0 rings (SSSR count). The van der Waals surface area contributed by atoms with E-state index < -0.39 is 18.2 Å². The molecular formula is C11H21NO4. The summed E-state index contributed by atoms with van der Waals surface area (Å²) >= 11 is 0. The first kappa shape index (κ1) is 17.0. The molecule has 0 aromatic rings. The predicted molar refractivity (Wildman–Crippen MR) is 61.7 cm³/mol. The molecule has 5 nitrogen and oxygen atoms in total. The topological polar surface area (TPSA) is 64.6 Å². The van der Waals surface area contributed by atoms with E-state index in [4.69, 9.17) is 9.47 Å². The molecule has 0 aliphatic heterocycles. The van der Waals surface area contributed by atoms with Crippen LogP contribution < -0.4 is 5.32 Å². The first-order chi connectivity index (χ1) is 7.38. The van der Waals surface area contributed by atoms with Crippen LogP contribution in [-0.2, 0) is 19.1 Å². The van der Waals surface area contributed by atoms with Crippen LogP contribution in [0.15, 0.2) is 12.2 Å². The fourth-order valence-electron chi connectivity index (χ4n) is 0.544. The highest BCUT2D eigenvalue weighted by molar-refractivity contribution is 5.87. The molecule has 1 N–H and O–H groups in total. The van der Waals surface area contributed by atoms with E-state index in [1.54, 1.807) is 6.92 Å². The average molecular weight is 231 g/mol. The molecule has 0 fully saturated rings. The fraction of sp³-hybridized carbons (Fsp3) is 0.636. The Morgan fingerprint density at radius 3 is 2.06 bits per heavy atom. The Kier molecular flexibility index (Phi) is 10.8. The average Bonchev–Trinajstić information content (AvgIpc) is 2.18. The molecule has 0 aliphatic rings. The van der Waals surface area contributed by atoms with Crippen molar-refractivity contribution in [3.63, 3.8) is 0 Å². The van der Waals surface area contributed by atoms with Gasteiger partial charge in [0, 0.05) is 18.9 Å². The van der Waals surface area contributed by atoms with Gasteiger partial charge in [0.05, 0.1) is 0 Å². The lowest BCUT2D eigenvalue weighted by atomic mass is 10.4. The third-order valence-electron chi connectivity index (χ3n) is 1.21. The second-order valence-electron chi connectivity index (χ2n) is 3.10. The van der Waals surface area contributed by atoms with Crippen LogP contribution in [0.2, 0.25) is 0 Å². The Balaban J connectivity index is 0. The minimum atomic E-state index is -0.850. The Labute approximate surface area is 96.8 Å². The van der Waals surface area contributed by atoms with Gasteiger partial charge in [-0.15, -0.1) is 0 Å². The zero-order valence-corrected chi connectivity index (χ0v) is 10.6. The van der Waals surface area contributed by atoms with Crippen molar-refractivity contribution < 1.29 is 19.1 Å². The first-order valence-electron chi connectivity index (χ1n) is 5.03. The number of rotatable bonds is 4. The van der Waals surface area contributed by atoms with E-state index in [1.807, 2.05) is 14.1 Å². The van der Waals surface area contributed by atoms with Crippen molar-refractivity contribution in [2.24, 2.45) is 0 Å². The molecule has 0 saturated heterocycles. The van der Waals surface area contributed by atoms with E-state index in [-0.39, 0.29) is 12.0 Å². The summed E-state index contributed by atoms with van der Waals surface area (Å²) < 4.78 is 9.40. The van der Waals surface area contributed by atoms with Crippen LogP contribution in [0.4, 0.5) is 0 Å². The van der Waals surface area contributed by atoms with Gasteiger partial charge in [0.1, 0.15) is 0 Å². The van der Waals surface area contributed by atoms with Gasteiger partial charge >= 0.3 is 11.9 Å². The van der Waals surface area contributed by atoms with Crippen molar-refractivity contribution in [3.05, 3.63) is 12.2 Å². The van der Waals surface area contributed by atoms with Crippen molar-refractivity contribution in [1.29, 1.82) is 0 Å². The molecule has 16 heavy (non-hydrogen) atoms. The lowest BCUT2D eigenvalue weighted by Crippen LogP contribution is -2.21. The highest BCUT2D eigenvalue weighted by Gasteiger charge is 2.12. The normalized spacial score (nSPS) is 10.6. The summed E-state index contributed by atoms with van der Waals surface area (Å²) in [6.07, 6.45) is -0.591. The summed E-state index contributed by atoms with van der Waals surface area (Å²) in [6, 6.07) is 0. The molecule has 0 spiro atoms. The van der Waals surface area contributed by atoms with Crippen LogP contribution in [0.3, 0.4) is 0 Å². The van der Waals surface area contributed by atoms with E-state index >= 15 is 0 Å². The Morgan fingerprint density at radius 2 is 1.75 bits per heavy atom. The third-order valence-corrected chi connectivity index (χ3v) is 1.21. The van der Waals surface area contributed by atoms with Gasteiger partial charge < -0.3 is 14.8 Å². The molecule has 0 aromatic carbocycles. The number of ether oxygens (including phenoxy) is 2. The lowest BCUT2D eigenvalue weighted by molar-refractivity contribution is -0.181. The monoisotopic (exact) mass is 231 g/mol. The van der Waals surface area contributed by atoms with E-state index in [2.05, 4.69) is 11.9 Å². The quantitative estimate of drug-likeness (QED) is 0.448. The summed E-state index contributed by atoms with van der Waals surface area (Å²) in [4.78, 5) is 21.6. The van der Waals surface area contributed by atoms with E-state index in [0.29, 0.717) is 0 Å². The van der Waals surface area contributed by atoms with Gasteiger partial charge in [-0.3, -0.25) is 4.79 Å². The molecule has 0 heterocycles. The maximum atomic E-state index is 10.9. The van der Waals surface area contributed by atoms with Crippen LogP contribution in [0.5, 0.6) is 0 Å². The van der Waals surface area contributed by atoms with Crippen LogP contribution >= 0.6 is 0 Å². The molecule has 0 saturated carbocycles. The van der Waals surface area contributed by atoms with Crippen molar-refractivity contribution in [2.45, 2.75) is 33.5 Å². The predicted octanol–water partition coefficient (Wildman–Crippen LogP) is 1.24. The first-order valence-corrected chi connectivity index (χ1v) is 5.03. The molecule has 5 heteroatoms. The number of esters is 2. The molecule has 1 unspecified atom stereocenters. The van der Waals surface area contributed by atoms with Gasteiger partial charge in [0.25, 0.3) is 0 Å². The van der Waals surface area contributed by atoms with E-state index in [9.17, 15) is 9.59 Å². The summed E-state index contributed by atoms with van der Waals surface area (Å²) in [6.45, 7) is 8.06. The SMILES string of the molecule is C=C(C)C(=O)OC(C)OC(=O)CC.CNC. The summed E-state index contributed by atoms with van der Waals surface area (Å²) in [7, 11) is 3.75. The Morgan fingerprint density at radius 1 is 1.31 bits per heavy atom. The van der Waals surface area contributed by atoms with Gasteiger partial charge in [-0.1, -0.05) is 13.5 Å². The van der Waals surface area contributed by atoms with Gasteiger partial charge in [-0.2, -0.15) is 0 Å². The zero-order chi connectivity index (χ0) is 13.1. The van der Waals surface area contributed by atoms with Crippen molar-refractivity contribution >= 4 is 11.9 Å². The second kappa shape index (κ2) is 10.2. The number of carbonyl (C=O) groups is 2. The number of hydrogen-bond acceptors (Lipinski definition) is 5. The highest BCUT2D eigenvalue weighted by Crippen LogP contribution is 2.00. The van der Waals surface area contributed by atoms with Gasteiger partial charge in [-0.25, -0.2) is 4.79 Å². The van der Waals surface area contributed by atoms with Crippen LogP contribution in [0, 0.1) is 0 Å². The molecular weight excluding hydrogens is 210 g/mol. The lowest BCUT2D eigenvalue weighted by Gasteiger charge is -2.13. The molecule has 0 amide bonds. The molecule has 0 bridgehead atoms. The molecule has 0 radical (unpaired) electrons. The zero-order valence-electron chi connectivity index (χ0n) is 10.6. The fourth-order valence-corrected chi connectivity index (χ4v) is 0.544. The van der Waals surface area contributed by atoms with Crippen molar-refractivity contribution in [1.82, 2.24) is 5.32 Å². The van der Waals surface area contributed by atoms with Crippen molar-refractivity contribution in [2.75, 3.05) is 14.1 Å². The van der Waals surface area contributed by atoms with Gasteiger partial charge in [0.2, 0.25) is 6.29 Å². The number of hydrogen-bond donors (Lipinski definition) is 1. The Bertz CT molecular complexity index is 238. The van der Waals surface area contributed by atoms with Crippen LogP contribution in [-0.4, -0.2) is 32.3 Å². The smallest absolute Gasteiger partial charge is 0.336 e. The van der Waals surface area contributed by atoms with Crippen LogP contribution in [0.25, 0.3) is 0 Å². The van der Waals surface area contributed by atoms with E-state index in [1.165, 1.54) is 13.8 Å². The summed E-state index contributed by atoms with van der Waals surface area (Å²) in [5.41, 5.74) is 0.277. The highest BCUT2D eigenvalue weighted by atomic mass is 16.7. The molecule has 1 atom stereocenters. The minimum Gasteiger partial charge on any atom is -0.425 e. The maximum absolute atomic E-state index is 10.9. The van der Waals surface area contributed by atoms with Crippen LogP contribution in [0.1, 0.15) is 27.2 Å². The Hall–Kier alpha value is -1.36.